The van der Waals surface area contributed by atoms with E-state index in [0.717, 1.165) is 17.8 Å². The molecule has 0 aliphatic carbocycles. The number of hydrogen-bond donors (Lipinski definition) is 2. The Balaban J connectivity index is 2.64. The second-order valence-corrected chi connectivity index (χ2v) is 6.40. The van der Waals surface area contributed by atoms with Crippen molar-refractivity contribution >= 4 is 21.4 Å². The predicted octanol–water partition coefficient (Wildman–Crippen LogP) is 0.992. The highest BCUT2D eigenvalue weighted by Gasteiger charge is 2.12. The molecular formula is C9H17N3O2S2. The van der Waals surface area contributed by atoms with Crippen LogP contribution in [0.2, 0.25) is 0 Å². The summed E-state index contributed by atoms with van der Waals surface area (Å²) < 4.78 is 21.8. The minimum absolute atomic E-state index is 0.182. The Bertz CT molecular complexity index is 428. The molecule has 0 fully saturated rings. The summed E-state index contributed by atoms with van der Waals surface area (Å²) in [7, 11) is -3.48. The van der Waals surface area contributed by atoms with Crippen LogP contribution in [0.5, 0.6) is 0 Å². The zero-order chi connectivity index (χ0) is 12.2. The van der Waals surface area contributed by atoms with Gasteiger partial charge in [-0.1, -0.05) is 6.92 Å². The molecular weight excluding hydrogens is 246 g/mol. The van der Waals surface area contributed by atoms with E-state index in [9.17, 15) is 8.42 Å². The standard InChI is InChI=1S/C9H17N3O2S2/c1-3-4-11-7(2)8-5-12-9(15-8)6-16(10,13)14/h5,7,11H,3-4,6H2,1-2H3,(H2,10,13,14). The summed E-state index contributed by atoms with van der Waals surface area (Å²) in [4.78, 5) is 5.08. The van der Waals surface area contributed by atoms with Crippen LogP contribution in [0.25, 0.3) is 0 Å². The van der Waals surface area contributed by atoms with Gasteiger partial charge in [-0.25, -0.2) is 18.5 Å². The molecule has 0 spiro atoms. The van der Waals surface area contributed by atoms with Crippen LogP contribution < -0.4 is 10.5 Å². The normalized spacial score (nSPS) is 13.9. The van der Waals surface area contributed by atoms with Crippen LogP contribution in [0.4, 0.5) is 0 Å². The van der Waals surface area contributed by atoms with E-state index in [1.54, 1.807) is 6.20 Å². The summed E-state index contributed by atoms with van der Waals surface area (Å²) >= 11 is 1.39. The average Bonchev–Trinajstić information content (AvgIpc) is 2.59. The Morgan fingerprint density at radius 2 is 2.31 bits per heavy atom. The first kappa shape index (κ1) is 13.6. The Hall–Kier alpha value is -0.500. The third kappa shape index (κ3) is 4.56. The van der Waals surface area contributed by atoms with Crippen molar-refractivity contribution in [2.75, 3.05) is 6.54 Å². The van der Waals surface area contributed by atoms with Crippen LogP contribution in [0, 0.1) is 0 Å². The lowest BCUT2D eigenvalue weighted by atomic mass is 10.3. The lowest BCUT2D eigenvalue weighted by Crippen LogP contribution is -2.18. The molecule has 0 aliphatic rings. The van der Waals surface area contributed by atoms with E-state index in [4.69, 9.17) is 5.14 Å². The zero-order valence-electron chi connectivity index (χ0n) is 9.43. The van der Waals surface area contributed by atoms with Gasteiger partial charge in [-0.05, 0) is 19.9 Å². The lowest BCUT2D eigenvalue weighted by molar-refractivity contribution is 0.577. The van der Waals surface area contributed by atoms with Crippen molar-refractivity contribution < 1.29 is 8.42 Å². The predicted molar refractivity (Wildman–Crippen MR) is 65.6 cm³/mol. The molecule has 0 bridgehead atoms. The Morgan fingerprint density at radius 3 is 2.88 bits per heavy atom. The Labute approximate surface area is 100 Å². The molecule has 1 unspecified atom stereocenters. The van der Waals surface area contributed by atoms with E-state index >= 15 is 0 Å². The van der Waals surface area contributed by atoms with E-state index in [1.165, 1.54) is 11.3 Å². The summed E-state index contributed by atoms with van der Waals surface area (Å²) in [5.41, 5.74) is 0. The quantitative estimate of drug-likeness (QED) is 0.801. The van der Waals surface area contributed by atoms with Crippen molar-refractivity contribution in [2.24, 2.45) is 5.14 Å². The molecule has 3 N–H and O–H groups in total. The first-order valence-electron chi connectivity index (χ1n) is 5.11. The summed E-state index contributed by atoms with van der Waals surface area (Å²) in [5, 5.41) is 8.81. The number of nitrogens with one attached hydrogen (secondary N) is 1. The number of thiazole rings is 1. The number of sulfonamides is 1. The van der Waals surface area contributed by atoms with Gasteiger partial charge in [0.1, 0.15) is 10.8 Å². The maximum Gasteiger partial charge on any atom is 0.215 e. The van der Waals surface area contributed by atoms with Gasteiger partial charge in [0, 0.05) is 17.1 Å². The highest BCUT2D eigenvalue weighted by Crippen LogP contribution is 2.21. The maximum absolute atomic E-state index is 10.9. The van der Waals surface area contributed by atoms with Crippen molar-refractivity contribution in [3.05, 3.63) is 16.1 Å². The summed E-state index contributed by atoms with van der Waals surface area (Å²) in [6.07, 6.45) is 2.77. The minimum atomic E-state index is -3.48. The highest BCUT2D eigenvalue weighted by molar-refractivity contribution is 7.88. The Kier molecular flexibility index (Phi) is 4.85. The average molecular weight is 263 g/mol. The molecule has 1 heterocycles. The molecule has 0 saturated heterocycles. The first-order valence-corrected chi connectivity index (χ1v) is 7.64. The van der Waals surface area contributed by atoms with Crippen LogP contribution in [-0.4, -0.2) is 19.9 Å². The fourth-order valence-electron chi connectivity index (χ4n) is 1.22. The fraction of sp³-hybridized carbons (Fsp3) is 0.667. The molecule has 5 nitrogen and oxygen atoms in total. The second-order valence-electron chi connectivity index (χ2n) is 3.64. The Morgan fingerprint density at radius 1 is 1.62 bits per heavy atom. The van der Waals surface area contributed by atoms with Gasteiger partial charge in [-0.15, -0.1) is 11.3 Å². The smallest absolute Gasteiger partial charge is 0.215 e. The number of nitrogens with zero attached hydrogens (tertiary/aromatic N) is 1. The number of nitrogens with two attached hydrogens (primary N) is 1. The lowest BCUT2D eigenvalue weighted by Gasteiger charge is -2.09. The van der Waals surface area contributed by atoms with E-state index in [0.29, 0.717) is 5.01 Å². The second kappa shape index (κ2) is 5.72. The largest absolute Gasteiger partial charge is 0.309 e. The van der Waals surface area contributed by atoms with Crippen LogP contribution in [0.1, 0.15) is 36.2 Å². The topological polar surface area (TPSA) is 85.1 Å². The van der Waals surface area contributed by atoms with E-state index in [2.05, 4.69) is 17.2 Å². The van der Waals surface area contributed by atoms with Crippen LogP contribution in [-0.2, 0) is 15.8 Å². The molecule has 1 rings (SSSR count). The number of hydrogen-bond acceptors (Lipinski definition) is 5. The minimum Gasteiger partial charge on any atom is -0.309 e. The third-order valence-corrected chi connectivity index (χ3v) is 4.06. The van der Waals surface area contributed by atoms with Crippen LogP contribution in [0.3, 0.4) is 0 Å². The molecule has 0 amide bonds. The van der Waals surface area contributed by atoms with E-state index < -0.39 is 10.0 Å². The van der Waals surface area contributed by atoms with Gasteiger partial charge in [0.25, 0.3) is 0 Å². The van der Waals surface area contributed by atoms with Crippen molar-refractivity contribution in [1.29, 1.82) is 0 Å². The number of primary sulfonamides is 1. The molecule has 0 radical (unpaired) electrons. The molecule has 1 atom stereocenters. The first-order chi connectivity index (χ1) is 7.42. The zero-order valence-corrected chi connectivity index (χ0v) is 11.1. The van der Waals surface area contributed by atoms with Crippen molar-refractivity contribution in [3.8, 4) is 0 Å². The molecule has 16 heavy (non-hydrogen) atoms. The monoisotopic (exact) mass is 263 g/mol. The number of rotatable bonds is 6. The van der Waals surface area contributed by atoms with Crippen molar-refractivity contribution in [3.63, 3.8) is 0 Å². The van der Waals surface area contributed by atoms with Crippen molar-refractivity contribution in [1.82, 2.24) is 10.3 Å². The van der Waals surface area contributed by atoms with Gasteiger partial charge in [-0.2, -0.15) is 0 Å². The van der Waals surface area contributed by atoms with E-state index in [-0.39, 0.29) is 11.8 Å². The third-order valence-electron chi connectivity index (χ3n) is 2.02. The molecule has 1 aromatic heterocycles. The molecule has 7 heteroatoms. The van der Waals surface area contributed by atoms with Gasteiger partial charge in [0.2, 0.25) is 10.0 Å². The molecule has 1 aromatic rings. The summed E-state index contributed by atoms with van der Waals surface area (Å²) in [6.45, 7) is 5.06. The summed E-state index contributed by atoms with van der Waals surface area (Å²) in [5.74, 6) is -0.182. The maximum atomic E-state index is 10.9. The van der Waals surface area contributed by atoms with E-state index in [1.807, 2.05) is 6.92 Å². The SMILES string of the molecule is CCCNC(C)c1cnc(CS(N)(=O)=O)s1. The fourth-order valence-corrected chi connectivity index (χ4v) is 3.12. The molecule has 0 aromatic carbocycles. The summed E-state index contributed by atoms with van der Waals surface area (Å²) in [6, 6.07) is 0.201. The number of aromatic nitrogens is 1. The van der Waals surface area contributed by atoms with Crippen LogP contribution >= 0.6 is 11.3 Å². The van der Waals surface area contributed by atoms with Gasteiger partial charge in [0.05, 0.1) is 0 Å². The van der Waals surface area contributed by atoms with Gasteiger partial charge >= 0.3 is 0 Å². The van der Waals surface area contributed by atoms with Gasteiger partial charge < -0.3 is 5.32 Å². The van der Waals surface area contributed by atoms with Gasteiger partial charge in [0.15, 0.2) is 0 Å². The van der Waals surface area contributed by atoms with Crippen molar-refractivity contribution in [2.45, 2.75) is 32.1 Å². The highest BCUT2D eigenvalue weighted by atomic mass is 32.2. The molecule has 0 saturated carbocycles. The van der Waals surface area contributed by atoms with Gasteiger partial charge in [-0.3, -0.25) is 0 Å². The molecule has 92 valence electrons. The van der Waals surface area contributed by atoms with Crippen LogP contribution in [0.15, 0.2) is 6.20 Å². The molecule has 0 aliphatic heterocycles.